The molecule has 1 aromatic carbocycles. The summed E-state index contributed by atoms with van der Waals surface area (Å²) >= 11 is 0. The second-order valence-corrected chi connectivity index (χ2v) is 9.22. The molecule has 0 amide bonds. The van der Waals surface area contributed by atoms with Gasteiger partial charge in [0.2, 0.25) is 0 Å². The van der Waals surface area contributed by atoms with Crippen molar-refractivity contribution >= 4 is 5.52 Å². The van der Waals surface area contributed by atoms with Gasteiger partial charge in [-0.2, -0.15) is 5.10 Å². The Labute approximate surface area is 201 Å². The Morgan fingerprint density at radius 2 is 1.77 bits per heavy atom. The van der Waals surface area contributed by atoms with E-state index in [4.69, 9.17) is 5.10 Å². The number of rotatable bonds is 3. The minimum atomic E-state index is -0.226. The second-order valence-electron chi connectivity index (χ2n) is 9.22. The maximum atomic E-state index is 14.4. The number of hydrogen-bond acceptors (Lipinski definition) is 4. The van der Waals surface area contributed by atoms with Crippen LogP contribution in [0, 0.1) is 26.6 Å². The summed E-state index contributed by atoms with van der Waals surface area (Å²) in [4.78, 5) is 18.1. The number of hydrogen-bond donors (Lipinski definition) is 1. The summed E-state index contributed by atoms with van der Waals surface area (Å²) in [5.74, 6) is 1.34. The van der Waals surface area contributed by atoms with Gasteiger partial charge in [0.1, 0.15) is 17.5 Å². The molecule has 5 heterocycles. The van der Waals surface area contributed by atoms with Gasteiger partial charge in [0.25, 0.3) is 0 Å². The predicted molar refractivity (Wildman–Crippen MR) is 132 cm³/mol. The van der Waals surface area contributed by atoms with Crippen molar-refractivity contribution < 1.29 is 4.39 Å². The summed E-state index contributed by atoms with van der Waals surface area (Å²) in [6.07, 6.45) is 8.00. The fourth-order valence-corrected chi connectivity index (χ4v) is 5.07. The van der Waals surface area contributed by atoms with Crippen LogP contribution in [-0.4, -0.2) is 34.8 Å². The van der Waals surface area contributed by atoms with Gasteiger partial charge in [-0.1, -0.05) is 0 Å². The average molecular weight is 472 g/mol. The number of nitrogens with zero attached hydrogens (tertiary/aromatic N) is 6. The van der Waals surface area contributed by atoms with Crippen LogP contribution < -0.4 is 11.0 Å². The van der Waals surface area contributed by atoms with Crippen LogP contribution in [0.1, 0.15) is 41.2 Å². The summed E-state index contributed by atoms with van der Waals surface area (Å²) < 4.78 is 21.4. The van der Waals surface area contributed by atoms with Crippen LogP contribution in [0.25, 0.3) is 22.7 Å². The van der Waals surface area contributed by atoms with E-state index in [1.165, 1.54) is 0 Å². The Bertz CT molecular complexity index is 1650. The molecule has 0 radical (unpaired) electrons. The van der Waals surface area contributed by atoms with Gasteiger partial charge in [-0.25, -0.2) is 18.9 Å². The number of aryl methyl sites for hydroxylation is 3. The van der Waals surface area contributed by atoms with Gasteiger partial charge in [0, 0.05) is 43.2 Å². The first kappa shape index (κ1) is 21.5. The van der Waals surface area contributed by atoms with E-state index in [0.717, 1.165) is 46.9 Å². The molecule has 0 aliphatic carbocycles. The predicted octanol–water partition coefficient (Wildman–Crippen LogP) is 3.73. The van der Waals surface area contributed by atoms with Gasteiger partial charge in [0.05, 0.1) is 28.8 Å². The van der Waals surface area contributed by atoms with E-state index in [2.05, 4.69) is 17.2 Å². The first-order chi connectivity index (χ1) is 16.8. The van der Waals surface area contributed by atoms with Crippen molar-refractivity contribution in [3.05, 3.63) is 93.6 Å². The normalized spacial score (nSPS) is 15.6. The lowest BCUT2D eigenvalue weighted by Gasteiger charge is -2.21. The van der Waals surface area contributed by atoms with Crippen LogP contribution in [0.5, 0.6) is 0 Å². The van der Waals surface area contributed by atoms with Crippen LogP contribution in [0.4, 0.5) is 4.39 Å². The number of benzene rings is 1. The number of nitrogens with one attached hydrogen (secondary N) is 1. The molecule has 178 valence electrons. The third-order valence-electron chi connectivity index (χ3n) is 6.87. The van der Waals surface area contributed by atoms with Gasteiger partial charge in [-0.15, -0.1) is 0 Å². The standard InChI is InChI=1S/C26H26FN7O/c1-15-11-20(12-16(2)24(15)27)34-25(23-17(3)28-7-5-22(23)30-34)33-10-9-32(26(33)35)19-6-8-31-18(4)29-14-21(31)13-19/h6,8-14,17,28H,5,7H2,1-4H3/t17-/m0/s1. The van der Waals surface area contributed by atoms with Crippen LogP contribution in [0.2, 0.25) is 0 Å². The molecule has 5 aromatic rings. The van der Waals surface area contributed by atoms with Crippen LogP contribution in [-0.2, 0) is 6.42 Å². The summed E-state index contributed by atoms with van der Waals surface area (Å²) in [6, 6.07) is 7.42. The highest BCUT2D eigenvalue weighted by atomic mass is 19.1. The fourth-order valence-electron chi connectivity index (χ4n) is 5.07. The molecule has 0 fully saturated rings. The smallest absolute Gasteiger partial charge is 0.310 e. The number of imidazole rings is 2. The van der Waals surface area contributed by atoms with Gasteiger partial charge in [0.15, 0.2) is 0 Å². The lowest BCUT2D eigenvalue weighted by molar-refractivity contribution is 0.536. The Kier molecular flexibility index (Phi) is 4.79. The monoisotopic (exact) mass is 471 g/mol. The van der Waals surface area contributed by atoms with Crippen molar-refractivity contribution in [2.45, 2.75) is 40.2 Å². The van der Waals surface area contributed by atoms with Crippen molar-refractivity contribution in [3.63, 3.8) is 0 Å². The molecular formula is C26H26FN7O. The minimum Gasteiger partial charge on any atom is -0.310 e. The zero-order valence-corrected chi connectivity index (χ0v) is 20.1. The van der Waals surface area contributed by atoms with Crippen LogP contribution in [0.15, 0.2) is 53.8 Å². The van der Waals surface area contributed by atoms with E-state index in [1.807, 2.05) is 29.7 Å². The molecule has 0 unspecified atom stereocenters. The maximum Gasteiger partial charge on any atom is 0.338 e. The van der Waals surface area contributed by atoms with Crippen LogP contribution in [0.3, 0.4) is 0 Å². The van der Waals surface area contributed by atoms with E-state index in [-0.39, 0.29) is 17.5 Å². The second kappa shape index (κ2) is 7.78. The number of pyridine rings is 1. The number of fused-ring (bicyclic) bond motifs is 2. The molecule has 9 heteroatoms. The Morgan fingerprint density at radius 3 is 2.54 bits per heavy atom. The molecular weight excluding hydrogens is 445 g/mol. The van der Waals surface area contributed by atoms with Gasteiger partial charge >= 0.3 is 5.69 Å². The molecule has 1 aliphatic heterocycles. The highest BCUT2D eigenvalue weighted by molar-refractivity contribution is 5.54. The molecule has 8 nitrogen and oxygen atoms in total. The van der Waals surface area contributed by atoms with Crippen molar-refractivity contribution in [3.8, 4) is 17.2 Å². The Hall–Kier alpha value is -3.98. The van der Waals surface area contributed by atoms with Gasteiger partial charge in [-0.05, 0) is 63.1 Å². The third-order valence-corrected chi connectivity index (χ3v) is 6.87. The van der Waals surface area contributed by atoms with Crippen molar-refractivity contribution in [1.82, 2.24) is 33.6 Å². The van der Waals surface area contributed by atoms with Gasteiger partial charge in [-0.3, -0.25) is 9.13 Å². The molecule has 1 aliphatic rings. The molecule has 1 N–H and O–H groups in total. The van der Waals surface area contributed by atoms with E-state index < -0.39 is 0 Å². The molecule has 6 rings (SSSR count). The first-order valence-electron chi connectivity index (χ1n) is 11.7. The minimum absolute atomic E-state index is 0.0199. The number of aromatic nitrogens is 6. The van der Waals surface area contributed by atoms with E-state index in [9.17, 15) is 9.18 Å². The van der Waals surface area contributed by atoms with Crippen LogP contribution >= 0.6 is 0 Å². The SMILES string of the molecule is Cc1cc(-n2nc3c(c2-n2ccn(-c4ccn5c(C)ncc5c4)c2=O)[C@H](C)NCC3)cc(C)c1F. The first-order valence-corrected chi connectivity index (χ1v) is 11.7. The molecule has 0 spiro atoms. The lowest BCUT2D eigenvalue weighted by Crippen LogP contribution is -2.30. The Morgan fingerprint density at radius 1 is 1.03 bits per heavy atom. The maximum absolute atomic E-state index is 14.4. The number of halogens is 1. The molecule has 35 heavy (non-hydrogen) atoms. The summed E-state index contributed by atoms with van der Waals surface area (Å²) in [7, 11) is 0. The zero-order valence-electron chi connectivity index (χ0n) is 20.1. The summed E-state index contributed by atoms with van der Waals surface area (Å²) in [6.45, 7) is 8.32. The molecule has 4 aromatic heterocycles. The van der Waals surface area contributed by atoms with Crippen molar-refractivity contribution in [2.75, 3.05) is 6.54 Å². The fraction of sp³-hybridized carbons (Fsp3) is 0.269. The van der Waals surface area contributed by atoms with Crippen molar-refractivity contribution in [2.24, 2.45) is 0 Å². The van der Waals surface area contributed by atoms with E-state index in [0.29, 0.717) is 16.9 Å². The largest absolute Gasteiger partial charge is 0.338 e. The highest BCUT2D eigenvalue weighted by Gasteiger charge is 2.29. The molecule has 1 atom stereocenters. The lowest BCUT2D eigenvalue weighted by atomic mass is 10.0. The summed E-state index contributed by atoms with van der Waals surface area (Å²) in [5.41, 5.74) is 5.20. The molecule has 0 saturated carbocycles. The zero-order chi connectivity index (χ0) is 24.4. The van der Waals surface area contributed by atoms with E-state index >= 15 is 0 Å². The Balaban J connectivity index is 1.57. The van der Waals surface area contributed by atoms with Gasteiger partial charge < -0.3 is 9.72 Å². The quantitative estimate of drug-likeness (QED) is 0.435. The van der Waals surface area contributed by atoms with E-state index in [1.54, 1.807) is 58.4 Å². The van der Waals surface area contributed by atoms with Crippen molar-refractivity contribution in [1.29, 1.82) is 0 Å². The summed E-state index contributed by atoms with van der Waals surface area (Å²) in [5, 5.41) is 8.38. The highest BCUT2D eigenvalue weighted by Crippen LogP contribution is 2.31. The molecule has 0 saturated heterocycles. The molecule has 0 bridgehead atoms. The average Bonchev–Trinajstić information content (AvgIpc) is 3.52. The topological polar surface area (TPSA) is 74.1 Å². The third kappa shape index (κ3) is 3.26.